The molecule has 0 aliphatic heterocycles. The highest BCUT2D eigenvalue weighted by molar-refractivity contribution is 9.08. The Hall–Kier alpha value is -0.800. The SMILES string of the molecule is Clc1ccccc1-c1ocnc1CBr. The predicted molar refractivity (Wildman–Crippen MR) is 59.6 cm³/mol. The molecule has 0 atom stereocenters. The number of benzene rings is 1. The van der Waals surface area contributed by atoms with E-state index in [1.54, 1.807) is 0 Å². The second-order valence-corrected chi connectivity index (χ2v) is 3.71. The van der Waals surface area contributed by atoms with E-state index in [-0.39, 0.29) is 0 Å². The van der Waals surface area contributed by atoms with Crippen molar-refractivity contribution in [1.29, 1.82) is 0 Å². The van der Waals surface area contributed by atoms with Crippen LogP contribution in [0.25, 0.3) is 11.3 Å². The monoisotopic (exact) mass is 271 g/mol. The van der Waals surface area contributed by atoms with E-state index < -0.39 is 0 Å². The van der Waals surface area contributed by atoms with Crippen molar-refractivity contribution < 1.29 is 4.42 Å². The molecule has 0 aliphatic carbocycles. The van der Waals surface area contributed by atoms with Crippen molar-refractivity contribution in [1.82, 2.24) is 4.98 Å². The number of hydrogen-bond acceptors (Lipinski definition) is 2. The van der Waals surface area contributed by atoms with Gasteiger partial charge in [-0.3, -0.25) is 0 Å². The van der Waals surface area contributed by atoms with Crippen LogP contribution < -0.4 is 0 Å². The lowest BCUT2D eigenvalue weighted by atomic mass is 10.1. The molecule has 0 saturated carbocycles. The Labute approximate surface area is 95.0 Å². The van der Waals surface area contributed by atoms with Crippen molar-refractivity contribution in [3.8, 4) is 11.3 Å². The molecule has 0 saturated heterocycles. The molecule has 0 unspecified atom stereocenters. The molecule has 0 amide bonds. The third kappa shape index (κ3) is 1.70. The number of nitrogens with zero attached hydrogens (tertiary/aromatic N) is 1. The number of halogens is 2. The van der Waals surface area contributed by atoms with Gasteiger partial charge in [-0.1, -0.05) is 39.7 Å². The van der Waals surface area contributed by atoms with Crippen LogP contribution >= 0.6 is 27.5 Å². The molecule has 2 nitrogen and oxygen atoms in total. The van der Waals surface area contributed by atoms with Crippen LogP contribution in [0.3, 0.4) is 0 Å². The van der Waals surface area contributed by atoms with Crippen molar-refractivity contribution in [2.45, 2.75) is 5.33 Å². The maximum Gasteiger partial charge on any atom is 0.181 e. The van der Waals surface area contributed by atoms with Gasteiger partial charge in [-0.2, -0.15) is 0 Å². The lowest BCUT2D eigenvalue weighted by molar-refractivity contribution is 0.571. The van der Waals surface area contributed by atoms with Gasteiger partial charge in [-0.25, -0.2) is 4.98 Å². The summed E-state index contributed by atoms with van der Waals surface area (Å²) in [4.78, 5) is 4.08. The number of rotatable bonds is 2. The third-order valence-electron chi connectivity index (χ3n) is 1.89. The van der Waals surface area contributed by atoms with E-state index in [4.69, 9.17) is 16.0 Å². The van der Waals surface area contributed by atoms with E-state index >= 15 is 0 Å². The largest absolute Gasteiger partial charge is 0.443 e. The van der Waals surface area contributed by atoms with Crippen LogP contribution in [0.4, 0.5) is 0 Å². The third-order valence-corrected chi connectivity index (χ3v) is 2.75. The summed E-state index contributed by atoms with van der Waals surface area (Å²) >= 11 is 9.39. The van der Waals surface area contributed by atoms with Crippen molar-refractivity contribution in [3.63, 3.8) is 0 Å². The van der Waals surface area contributed by atoms with Crippen molar-refractivity contribution in [2.75, 3.05) is 0 Å². The van der Waals surface area contributed by atoms with Gasteiger partial charge in [0.2, 0.25) is 0 Å². The van der Waals surface area contributed by atoms with Gasteiger partial charge in [0.1, 0.15) is 0 Å². The zero-order valence-electron chi connectivity index (χ0n) is 7.21. The van der Waals surface area contributed by atoms with E-state index in [9.17, 15) is 0 Å². The normalized spacial score (nSPS) is 10.4. The van der Waals surface area contributed by atoms with Crippen LogP contribution in [0, 0.1) is 0 Å². The lowest BCUT2D eigenvalue weighted by Gasteiger charge is -2.00. The molecule has 14 heavy (non-hydrogen) atoms. The molecule has 1 aromatic heterocycles. The minimum Gasteiger partial charge on any atom is -0.443 e. The van der Waals surface area contributed by atoms with Crippen LogP contribution in [-0.2, 0) is 5.33 Å². The summed E-state index contributed by atoms with van der Waals surface area (Å²) in [6.45, 7) is 0. The van der Waals surface area contributed by atoms with Gasteiger partial charge in [0, 0.05) is 10.9 Å². The number of alkyl halides is 1. The molecule has 0 fully saturated rings. The van der Waals surface area contributed by atoms with E-state index in [0.717, 1.165) is 17.0 Å². The number of aromatic nitrogens is 1. The molecular formula is C10H7BrClNO. The van der Waals surface area contributed by atoms with Crippen LogP contribution in [0.15, 0.2) is 35.1 Å². The van der Waals surface area contributed by atoms with Gasteiger partial charge in [0.25, 0.3) is 0 Å². The van der Waals surface area contributed by atoms with Gasteiger partial charge < -0.3 is 4.42 Å². The molecule has 72 valence electrons. The first-order chi connectivity index (χ1) is 6.83. The zero-order valence-corrected chi connectivity index (χ0v) is 9.55. The Kier molecular flexibility index (Phi) is 2.89. The molecule has 0 aliphatic rings. The summed E-state index contributed by atoms with van der Waals surface area (Å²) in [6.07, 6.45) is 1.43. The minimum atomic E-state index is 0.657. The minimum absolute atomic E-state index is 0.657. The second kappa shape index (κ2) is 4.15. The van der Waals surface area contributed by atoms with Crippen LogP contribution in [0.2, 0.25) is 5.02 Å². The fourth-order valence-electron chi connectivity index (χ4n) is 1.23. The van der Waals surface area contributed by atoms with Crippen molar-refractivity contribution in [3.05, 3.63) is 41.4 Å². The highest BCUT2D eigenvalue weighted by Gasteiger charge is 2.11. The molecule has 0 spiro atoms. The van der Waals surface area contributed by atoms with E-state index in [1.165, 1.54) is 6.39 Å². The van der Waals surface area contributed by atoms with Gasteiger partial charge in [-0.05, 0) is 12.1 Å². The standard InChI is InChI=1S/C10H7BrClNO/c11-5-9-10(14-6-13-9)7-3-1-2-4-8(7)12/h1-4,6H,5H2. The Morgan fingerprint density at radius 1 is 1.36 bits per heavy atom. The van der Waals surface area contributed by atoms with Crippen LogP contribution in [0.1, 0.15) is 5.69 Å². The van der Waals surface area contributed by atoms with E-state index in [2.05, 4.69) is 20.9 Å². The summed E-state index contributed by atoms with van der Waals surface area (Å²) < 4.78 is 5.30. The molecule has 2 aromatic rings. The fraction of sp³-hybridized carbons (Fsp3) is 0.100. The fourth-order valence-corrected chi connectivity index (χ4v) is 1.85. The number of hydrogen-bond donors (Lipinski definition) is 0. The van der Waals surface area contributed by atoms with Gasteiger partial charge >= 0.3 is 0 Å². The zero-order chi connectivity index (χ0) is 9.97. The smallest absolute Gasteiger partial charge is 0.181 e. The van der Waals surface area contributed by atoms with Crippen molar-refractivity contribution >= 4 is 27.5 Å². The molecule has 0 N–H and O–H groups in total. The van der Waals surface area contributed by atoms with Crippen molar-refractivity contribution in [2.24, 2.45) is 0 Å². The van der Waals surface area contributed by atoms with E-state index in [0.29, 0.717) is 10.4 Å². The number of oxazole rings is 1. The Morgan fingerprint density at radius 2 is 2.14 bits per heavy atom. The first kappa shape index (κ1) is 9.74. The Bertz CT molecular complexity index is 441. The lowest BCUT2D eigenvalue weighted by Crippen LogP contribution is -1.83. The Morgan fingerprint density at radius 3 is 2.86 bits per heavy atom. The summed E-state index contributed by atoms with van der Waals surface area (Å²) in [5.41, 5.74) is 1.74. The summed E-state index contributed by atoms with van der Waals surface area (Å²) in [5.74, 6) is 0.729. The van der Waals surface area contributed by atoms with Gasteiger partial charge in [0.05, 0.1) is 10.7 Å². The van der Waals surface area contributed by atoms with Gasteiger partial charge in [-0.15, -0.1) is 0 Å². The molecule has 0 bridgehead atoms. The summed E-state index contributed by atoms with van der Waals surface area (Å²) in [7, 11) is 0. The maximum absolute atomic E-state index is 6.04. The topological polar surface area (TPSA) is 26.0 Å². The molecule has 0 radical (unpaired) electrons. The second-order valence-electron chi connectivity index (χ2n) is 2.74. The predicted octanol–water partition coefficient (Wildman–Crippen LogP) is 3.89. The Balaban J connectivity index is 2.54. The van der Waals surface area contributed by atoms with Crippen LogP contribution in [0.5, 0.6) is 0 Å². The average Bonchev–Trinajstić information content (AvgIpc) is 2.66. The van der Waals surface area contributed by atoms with E-state index in [1.807, 2.05) is 24.3 Å². The summed E-state index contributed by atoms with van der Waals surface area (Å²) in [5, 5.41) is 1.33. The van der Waals surface area contributed by atoms with Gasteiger partial charge in [0.15, 0.2) is 12.2 Å². The molecule has 2 rings (SSSR count). The highest BCUT2D eigenvalue weighted by atomic mass is 79.9. The molecular weight excluding hydrogens is 265 g/mol. The highest BCUT2D eigenvalue weighted by Crippen LogP contribution is 2.30. The first-order valence-electron chi connectivity index (χ1n) is 4.06. The average molecular weight is 273 g/mol. The molecule has 1 heterocycles. The summed E-state index contributed by atoms with van der Waals surface area (Å²) in [6, 6.07) is 7.55. The quantitative estimate of drug-likeness (QED) is 0.775. The first-order valence-corrected chi connectivity index (χ1v) is 5.56. The molecule has 4 heteroatoms. The van der Waals surface area contributed by atoms with Crippen LogP contribution in [-0.4, -0.2) is 4.98 Å². The maximum atomic E-state index is 6.04. The molecule has 1 aromatic carbocycles.